The number of nitrogens with one attached hydrogen (secondary N) is 1. The largest absolute Gasteiger partial charge is 0.480 e. The maximum Gasteiger partial charge on any atom is 0.320 e. The molecule has 0 radical (unpaired) electrons. The topological polar surface area (TPSA) is 52.6 Å². The first kappa shape index (κ1) is 16.0. The summed E-state index contributed by atoms with van der Waals surface area (Å²) in [6, 6.07) is 10.4. The molecule has 1 aliphatic heterocycles. The van der Waals surface area contributed by atoms with Gasteiger partial charge in [0.2, 0.25) is 0 Å². The number of benzene rings is 1. The van der Waals surface area contributed by atoms with Gasteiger partial charge in [0.25, 0.3) is 0 Å². The monoisotopic (exact) mass is 290 g/mol. The van der Waals surface area contributed by atoms with Crippen LogP contribution in [0.15, 0.2) is 30.3 Å². The summed E-state index contributed by atoms with van der Waals surface area (Å²) in [6.07, 6.45) is 4.20. The second-order valence-electron chi connectivity index (χ2n) is 5.79. The lowest BCUT2D eigenvalue weighted by Gasteiger charge is -2.37. The summed E-state index contributed by atoms with van der Waals surface area (Å²) in [5.41, 5.74) is 1.31. The Labute approximate surface area is 127 Å². The van der Waals surface area contributed by atoms with Gasteiger partial charge in [0.15, 0.2) is 0 Å². The molecule has 1 saturated heterocycles. The predicted octanol–water partition coefficient (Wildman–Crippen LogP) is 2.49. The van der Waals surface area contributed by atoms with E-state index in [0.29, 0.717) is 19.0 Å². The first-order valence-electron chi connectivity index (χ1n) is 7.95. The molecule has 2 N–H and O–H groups in total. The number of carboxylic acid groups (broad SMARTS) is 1. The molecule has 0 saturated carbocycles. The molecule has 2 unspecified atom stereocenters. The predicted molar refractivity (Wildman–Crippen MR) is 84.2 cm³/mol. The van der Waals surface area contributed by atoms with Gasteiger partial charge in [-0.2, -0.15) is 0 Å². The molecule has 1 fully saturated rings. The van der Waals surface area contributed by atoms with E-state index in [2.05, 4.69) is 34.5 Å². The smallest absolute Gasteiger partial charge is 0.320 e. The number of carbonyl (C=O) groups is 1. The van der Waals surface area contributed by atoms with Crippen LogP contribution in [0.2, 0.25) is 0 Å². The molecule has 1 aromatic rings. The molecule has 0 bridgehead atoms. The first-order chi connectivity index (χ1) is 10.2. The van der Waals surface area contributed by atoms with Crippen molar-refractivity contribution in [3.8, 4) is 0 Å². The van der Waals surface area contributed by atoms with Crippen molar-refractivity contribution in [2.24, 2.45) is 0 Å². The molecule has 1 heterocycles. The number of hydrogen-bond acceptors (Lipinski definition) is 3. The summed E-state index contributed by atoms with van der Waals surface area (Å²) in [7, 11) is 0. The van der Waals surface area contributed by atoms with E-state index in [0.717, 1.165) is 19.5 Å². The molecule has 0 amide bonds. The number of piperidine rings is 1. The number of rotatable bonds is 7. The highest BCUT2D eigenvalue weighted by atomic mass is 16.4. The molecule has 2 atom stereocenters. The van der Waals surface area contributed by atoms with E-state index in [1.807, 2.05) is 13.0 Å². The van der Waals surface area contributed by atoms with Crippen LogP contribution in [0.25, 0.3) is 0 Å². The number of aliphatic carboxylic acids is 1. The molecular formula is C17H26N2O2. The number of carboxylic acids is 1. The van der Waals surface area contributed by atoms with Crippen LogP contribution in [0, 0.1) is 0 Å². The fourth-order valence-electron chi connectivity index (χ4n) is 3.14. The van der Waals surface area contributed by atoms with Gasteiger partial charge in [0.1, 0.15) is 6.04 Å². The third-order valence-corrected chi connectivity index (χ3v) is 4.23. The van der Waals surface area contributed by atoms with Gasteiger partial charge in [0.05, 0.1) is 0 Å². The van der Waals surface area contributed by atoms with Crippen molar-refractivity contribution < 1.29 is 9.90 Å². The molecule has 0 aliphatic carbocycles. The average Bonchev–Trinajstić information content (AvgIpc) is 2.49. The van der Waals surface area contributed by atoms with E-state index in [9.17, 15) is 9.90 Å². The maximum atomic E-state index is 11.3. The lowest BCUT2D eigenvalue weighted by molar-refractivity contribution is -0.140. The lowest BCUT2D eigenvalue weighted by atomic mass is 9.95. The number of likely N-dealkylation sites (N-methyl/N-ethyl adjacent to an activating group) is 1. The van der Waals surface area contributed by atoms with Crippen LogP contribution in [0.5, 0.6) is 0 Å². The van der Waals surface area contributed by atoms with Crippen LogP contribution in [-0.4, -0.2) is 41.1 Å². The molecule has 4 heteroatoms. The van der Waals surface area contributed by atoms with Crippen LogP contribution < -0.4 is 5.32 Å². The Hall–Kier alpha value is -1.39. The fourth-order valence-corrected chi connectivity index (χ4v) is 3.14. The highest BCUT2D eigenvalue weighted by Crippen LogP contribution is 2.23. The summed E-state index contributed by atoms with van der Waals surface area (Å²) >= 11 is 0. The van der Waals surface area contributed by atoms with Gasteiger partial charge in [0, 0.05) is 12.6 Å². The molecule has 2 rings (SSSR count). The molecule has 116 valence electrons. The quantitative estimate of drug-likeness (QED) is 0.810. The van der Waals surface area contributed by atoms with Gasteiger partial charge in [-0.25, -0.2) is 0 Å². The summed E-state index contributed by atoms with van der Waals surface area (Å²) in [6.45, 7) is 4.64. The first-order valence-corrected chi connectivity index (χ1v) is 7.95. The summed E-state index contributed by atoms with van der Waals surface area (Å²) in [4.78, 5) is 13.8. The van der Waals surface area contributed by atoms with Crippen molar-refractivity contribution in [3.05, 3.63) is 35.9 Å². The zero-order valence-electron chi connectivity index (χ0n) is 12.8. The second-order valence-corrected chi connectivity index (χ2v) is 5.79. The van der Waals surface area contributed by atoms with Gasteiger partial charge in [-0.15, -0.1) is 0 Å². The zero-order valence-corrected chi connectivity index (χ0v) is 12.8. The van der Waals surface area contributed by atoms with Gasteiger partial charge in [-0.05, 0) is 37.9 Å². The number of nitrogens with zero attached hydrogens (tertiary/aromatic N) is 1. The van der Waals surface area contributed by atoms with E-state index >= 15 is 0 Å². The van der Waals surface area contributed by atoms with Crippen molar-refractivity contribution in [1.82, 2.24) is 10.2 Å². The SMILES string of the molecule is CCNC(CC1CCCCN1Cc1ccccc1)C(=O)O. The van der Waals surface area contributed by atoms with E-state index in [1.165, 1.54) is 18.4 Å². The Kier molecular flexibility index (Phi) is 6.21. The van der Waals surface area contributed by atoms with E-state index in [1.54, 1.807) is 0 Å². The minimum Gasteiger partial charge on any atom is -0.480 e. The molecule has 1 aromatic carbocycles. The van der Waals surface area contributed by atoms with Gasteiger partial charge < -0.3 is 10.4 Å². The van der Waals surface area contributed by atoms with Crippen molar-refractivity contribution in [2.45, 2.75) is 51.2 Å². The van der Waals surface area contributed by atoms with E-state index in [4.69, 9.17) is 0 Å². The normalized spacial score (nSPS) is 21.1. The van der Waals surface area contributed by atoms with Crippen LogP contribution in [0.1, 0.15) is 38.2 Å². The van der Waals surface area contributed by atoms with Gasteiger partial charge in [-0.1, -0.05) is 43.7 Å². The highest BCUT2D eigenvalue weighted by Gasteiger charge is 2.28. The zero-order chi connectivity index (χ0) is 15.1. The summed E-state index contributed by atoms with van der Waals surface area (Å²) < 4.78 is 0. The third-order valence-electron chi connectivity index (χ3n) is 4.23. The molecule has 4 nitrogen and oxygen atoms in total. The van der Waals surface area contributed by atoms with Crippen LogP contribution in [0.4, 0.5) is 0 Å². The van der Waals surface area contributed by atoms with Gasteiger partial charge >= 0.3 is 5.97 Å². The Morgan fingerprint density at radius 3 is 2.81 bits per heavy atom. The van der Waals surface area contributed by atoms with Crippen molar-refractivity contribution in [3.63, 3.8) is 0 Å². The van der Waals surface area contributed by atoms with Crippen molar-refractivity contribution in [2.75, 3.05) is 13.1 Å². The number of hydrogen-bond donors (Lipinski definition) is 2. The van der Waals surface area contributed by atoms with Crippen molar-refractivity contribution in [1.29, 1.82) is 0 Å². The van der Waals surface area contributed by atoms with Crippen molar-refractivity contribution >= 4 is 5.97 Å². The standard InChI is InChI=1S/C17H26N2O2/c1-2-18-16(17(20)21)12-15-10-6-7-11-19(15)13-14-8-4-3-5-9-14/h3-5,8-9,15-16,18H,2,6-7,10-13H2,1H3,(H,20,21). The minimum atomic E-state index is -0.734. The molecule has 21 heavy (non-hydrogen) atoms. The van der Waals surface area contributed by atoms with Gasteiger partial charge in [-0.3, -0.25) is 9.69 Å². The number of likely N-dealkylation sites (tertiary alicyclic amines) is 1. The third kappa shape index (κ3) is 4.83. The molecular weight excluding hydrogens is 264 g/mol. The fraction of sp³-hybridized carbons (Fsp3) is 0.588. The molecule has 0 aromatic heterocycles. The molecule has 1 aliphatic rings. The maximum absolute atomic E-state index is 11.3. The Morgan fingerprint density at radius 2 is 2.14 bits per heavy atom. The summed E-state index contributed by atoms with van der Waals surface area (Å²) in [5, 5.41) is 12.4. The van der Waals surface area contributed by atoms with Crippen LogP contribution in [0.3, 0.4) is 0 Å². The Morgan fingerprint density at radius 1 is 1.38 bits per heavy atom. The second kappa shape index (κ2) is 8.15. The summed E-state index contributed by atoms with van der Waals surface area (Å²) in [5.74, 6) is -0.734. The van der Waals surface area contributed by atoms with E-state index < -0.39 is 12.0 Å². The minimum absolute atomic E-state index is 0.360. The van der Waals surface area contributed by atoms with Crippen LogP contribution in [-0.2, 0) is 11.3 Å². The average molecular weight is 290 g/mol. The van der Waals surface area contributed by atoms with Crippen LogP contribution >= 0.6 is 0 Å². The lowest BCUT2D eigenvalue weighted by Crippen LogP contribution is -2.46. The Bertz CT molecular complexity index is 436. The Balaban J connectivity index is 1.99. The van der Waals surface area contributed by atoms with E-state index in [-0.39, 0.29) is 0 Å². The molecule has 0 spiro atoms. The highest BCUT2D eigenvalue weighted by molar-refractivity contribution is 5.73.